The number of thioether (sulfide) groups is 1. The third kappa shape index (κ3) is 2.73. The van der Waals surface area contributed by atoms with Crippen LogP contribution in [0.1, 0.15) is 11.3 Å². The van der Waals surface area contributed by atoms with Gasteiger partial charge in [0, 0.05) is 18.1 Å². The Bertz CT molecular complexity index is 923. The molecule has 0 amide bonds. The highest BCUT2D eigenvalue weighted by atomic mass is 32.2. The van der Waals surface area contributed by atoms with Crippen molar-refractivity contribution in [1.29, 1.82) is 0 Å². The van der Waals surface area contributed by atoms with E-state index >= 15 is 0 Å². The molecule has 0 radical (unpaired) electrons. The van der Waals surface area contributed by atoms with Gasteiger partial charge in [0.15, 0.2) is 5.16 Å². The maximum absolute atomic E-state index is 4.62. The minimum Gasteiger partial charge on any atom is -0.307 e. The zero-order chi connectivity index (χ0) is 15.6. The van der Waals surface area contributed by atoms with Gasteiger partial charge in [0.05, 0.1) is 11.4 Å². The summed E-state index contributed by atoms with van der Waals surface area (Å²) in [5, 5.41) is 9.18. The van der Waals surface area contributed by atoms with Crippen molar-refractivity contribution >= 4 is 17.4 Å². The lowest BCUT2D eigenvalue weighted by Crippen LogP contribution is -1.97. The second-order valence-electron chi connectivity index (χ2n) is 5.26. The van der Waals surface area contributed by atoms with Crippen LogP contribution in [0.5, 0.6) is 0 Å². The number of pyridine rings is 1. The highest BCUT2D eigenvalue weighted by Gasteiger charge is 2.10. The van der Waals surface area contributed by atoms with E-state index in [9.17, 15) is 0 Å². The maximum Gasteiger partial charge on any atom is 0.196 e. The van der Waals surface area contributed by atoms with Gasteiger partial charge >= 0.3 is 0 Å². The van der Waals surface area contributed by atoms with Crippen molar-refractivity contribution in [3.8, 4) is 5.69 Å². The van der Waals surface area contributed by atoms with Crippen molar-refractivity contribution in [3.63, 3.8) is 0 Å². The van der Waals surface area contributed by atoms with Crippen molar-refractivity contribution < 1.29 is 0 Å². The topological polar surface area (TPSA) is 48.0 Å². The molecular formula is C17H15N5S. The molecule has 0 saturated carbocycles. The zero-order valence-corrected chi connectivity index (χ0v) is 13.4. The van der Waals surface area contributed by atoms with Crippen LogP contribution in [0.4, 0.5) is 0 Å². The minimum absolute atomic E-state index is 0.756. The van der Waals surface area contributed by atoms with Gasteiger partial charge in [-0.25, -0.2) is 4.98 Å². The molecule has 0 N–H and O–H groups in total. The highest BCUT2D eigenvalue weighted by Crippen LogP contribution is 2.24. The van der Waals surface area contributed by atoms with Crippen LogP contribution in [-0.4, -0.2) is 24.1 Å². The van der Waals surface area contributed by atoms with Gasteiger partial charge in [-0.15, -0.1) is 10.2 Å². The predicted octanol–water partition coefficient (Wildman–Crippen LogP) is 3.52. The minimum atomic E-state index is 0.756. The van der Waals surface area contributed by atoms with Crippen molar-refractivity contribution in [3.05, 3.63) is 72.4 Å². The third-order valence-electron chi connectivity index (χ3n) is 3.65. The average Bonchev–Trinajstić information content (AvgIpc) is 3.19. The molecule has 5 nitrogen and oxygen atoms in total. The molecule has 0 bridgehead atoms. The Morgan fingerprint density at radius 1 is 1.09 bits per heavy atom. The molecule has 4 aromatic rings. The smallest absolute Gasteiger partial charge is 0.196 e. The molecule has 6 heteroatoms. The Balaban J connectivity index is 1.58. The quantitative estimate of drug-likeness (QED) is 0.540. The Hall–Kier alpha value is -2.60. The van der Waals surface area contributed by atoms with E-state index in [4.69, 9.17) is 0 Å². The van der Waals surface area contributed by atoms with Gasteiger partial charge < -0.3 is 4.40 Å². The van der Waals surface area contributed by atoms with Crippen molar-refractivity contribution in [2.24, 2.45) is 0 Å². The van der Waals surface area contributed by atoms with Crippen LogP contribution >= 0.6 is 11.8 Å². The number of nitrogens with zero attached hydrogens (tertiary/aromatic N) is 5. The van der Waals surface area contributed by atoms with Gasteiger partial charge in [0.1, 0.15) is 12.0 Å². The van der Waals surface area contributed by atoms with E-state index in [1.807, 2.05) is 45.5 Å². The summed E-state index contributed by atoms with van der Waals surface area (Å²) in [6, 6.07) is 14.2. The normalized spacial score (nSPS) is 11.2. The van der Waals surface area contributed by atoms with Crippen LogP contribution < -0.4 is 0 Å². The van der Waals surface area contributed by atoms with Crippen LogP contribution in [0.15, 0.2) is 66.3 Å². The summed E-state index contributed by atoms with van der Waals surface area (Å²) < 4.78 is 4.05. The predicted molar refractivity (Wildman–Crippen MR) is 90.8 cm³/mol. The molecule has 0 atom stereocenters. The van der Waals surface area contributed by atoms with Crippen LogP contribution in [0, 0.1) is 6.92 Å². The first kappa shape index (κ1) is 14.0. The number of hydrogen-bond donors (Lipinski definition) is 0. The number of imidazole rings is 1. The average molecular weight is 321 g/mol. The Labute approximate surface area is 138 Å². The summed E-state index contributed by atoms with van der Waals surface area (Å²) in [5.41, 5.74) is 4.29. The molecule has 0 spiro atoms. The van der Waals surface area contributed by atoms with Crippen molar-refractivity contribution in [1.82, 2.24) is 24.1 Å². The number of fused-ring (bicyclic) bond motifs is 1. The molecule has 0 fully saturated rings. The molecular weight excluding hydrogens is 306 g/mol. The fraction of sp³-hybridized carbons (Fsp3) is 0.118. The van der Waals surface area contributed by atoms with Gasteiger partial charge in [-0.05, 0) is 30.7 Å². The molecule has 0 unspecified atom stereocenters. The number of hydrogen-bond acceptors (Lipinski definition) is 4. The summed E-state index contributed by atoms with van der Waals surface area (Å²) >= 11 is 1.64. The zero-order valence-electron chi connectivity index (χ0n) is 12.6. The molecule has 1 aromatic carbocycles. The Morgan fingerprint density at radius 2 is 1.96 bits per heavy atom. The molecule has 23 heavy (non-hydrogen) atoms. The summed E-state index contributed by atoms with van der Waals surface area (Å²) in [6.45, 7) is 2.09. The van der Waals surface area contributed by atoms with Gasteiger partial charge in [-0.1, -0.05) is 36.0 Å². The van der Waals surface area contributed by atoms with Crippen molar-refractivity contribution in [2.45, 2.75) is 17.8 Å². The molecule has 3 heterocycles. The standard InChI is InChI=1S/C17H15N5S/c1-13-6-2-3-7-15(13)22-12-18-20-17(22)23-11-14-10-21-9-5-4-8-16(21)19-14/h2-10,12H,11H2,1H3. The molecule has 114 valence electrons. The van der Waals surface area contributed by atoms with Crippen LogP contribution in [0.25, 0.3) is 11.3 Å². The molecule has 3 aromatic heterocycles. The van der Waals surface area contributed by atoms with E-state index in [0.29, 0.717) is 0 Å². The fourth-order valence-electron chi connectivity index (χ4n) is 2.52. The SMILES string of the molecule is Cc1ccccc1-n1cnnc1SCc1cn2ccccc2n1. The first-order valence-electron chi connectivity index (χ1n) is 7.33. The van der Waals surface area contributed by atoms with Gasteiger partial charge in [-0.3, -0.25) is 4.57 Å². The van der Waals surface area contributed by atoms with Crippen LogP contribution in [0.3, 0.4) is 0 Å². The number of aryl methyl sites for hydroxylation is 1. The monoisotopic (exact) mass is 321 g/mol. The molecule has 0 aliphatic rings. The number of para-hydroxylation sites is 1. The number of benzene rings is 1. The van der Waals surface area contributed by atoms with Gasteiger partial charge in [0.25, 0.3) is 0 Å². The van der Waals surface area contributed by atoms with Crippen molar-refractivity contribution in [2.75, 3.05) is 0 Å². The molecule has 4 rings (SSSR count). The summed E-state index contributed by atoms with van der Waals surface area (Å²) in [7, 11) is 0. The van der Waals surface area contributed by atoms with E-state index in [0.717, 1.165) is 27.9 Å². The summed E-state index contributed by atoms with van der Waals surface area (Å²) in [5.74, 6) is 0.756. The first-order valence-corrected chi connectivity index (χ1v) is 8.31. The molecule has 0 aliphatic heterocycles. The molecule has 0 saturated heterocycles. The van der Waals surface area contributed by atoms with E-state index in [2.05, 4.69) is 40.4 Å². The number of rotatable bonds is 4. The highest BCUT2D eigenvalue weighted by molar-refractivity contribution is 7.98. The third-order valence-corrected chi connectivity index (χ3v) is 4.63. The van der Waals surface area contributed by atoms with E-state index in [-0.39, 0.29) is 0 Å². The Kier molecular flexibility index (Phi) is 3.59. The summed E-state index contributed by atoms with van der Waals surface area (Å²) in [4.78, 5) is 4.62. The van der Waals surface area contributed by atoms with E-state index in [1.54, 1.807) is 18.1 Å². The fourth-order valence-corrected chi connectivity index (χ4v) is 3.32. The largest absolute Gasteiger partial charge is 0.307 e. The van der Waals surface area contributed by atoms with Gasteiger partial charge in [0.2, 0.25) is 0 Å². The lowest BCUT2D eigenvalue weighted by molar-refractivity contribution is 0.877. The number of aromatic nitrogens is 5. The lowest BCUT2D eigenvalue weighted by atomic mass is 10.2. The first-order chi connectivity index (χ1) is 11.3. The Morgan fingerprint density at radius 3 is 2.83 bits per heavy atom. The van der Waals surface area contributed by atoms with Crippen LogP contribution in [0.2, 0.25) is 0 Å². The van der Waals surface area contributed by atoms with E-state index in [1.165, 1.54) is 5.56 Å². The second kappa shape index (κ2) is 5.89. The lowest BCUT2D eigenvalue weighted by Gasteiger charge is -2.08. The maximum atomic E-state index is 4.62. The van der Waals surface area contributed by atoms with Gasteiger partial charge in [-0.2, -0.15) is 0 Å². The van der Waals surface area contributed by atoms with Crippen LogP contribution in [-0.2, 0) is 5.75 Å². The summed E-state index contributed by atoms with van der Waals surface area (Å²) in [6.07, 6.45) is 5.82. The molecule has 0 aliphatic carbocycles. The second-order valence-corrected chi connectivity index (χ2v) is 6.20. The van der Waals surface area contributed by atoms with E-state index < -0.39 is 0 Å².